The van der Waals surface area contributed by atoms with Crippen LogP contribution in [-0.2, 0) is 0 Å². The van der Waals surface area contributed by atoms with Gasteiger partial charge >= 0.3 is 0 Å². The Morgan fingerprint density at radius 3 is 2.00 bits per heavy atom. The maximum Gasteiger partial charge on any atom is 0.125 e. The fourth-order valence-electron chi connectivity index (χ4n) is 1.42. The molecular formula is C12H20N2Si2. The van der Waals surface area contributed by atoms with E-state index in [2.05, 4.69) is 50.2 Å². The van der Waals surface area contributed by atoms with Crippen LogP contribution in [0.5, 0.6) is 0 Å². The topological polar surface area (TPSA) is 25.8 Å². The van der Waals surface area contributed by atoms with E-state index in [1.807, 2.05) is 6.20 Å². The van der Waals surface area contributed by atoms with Gasteiger partial charge in [0.1, 0.15) is 21.6 Å². The van der Waals surface area contributed by atoms with Crippen molar-refractivity contribution in [2.75, 3.05) is 0 Å². The summed E-state index contributed by atoms with van der Waals surface area (Å²) in [7, 11) is -2.93. The average molecular weight is 248 g/mol. The molecule has 16 heavy (non-hydrogen) atoms. The van der Waals surface area contributed by atoms with Crippen molar-refractivity contribution in [3.63, 3.8) is 0 Å². The fourth-order valence-corrected chi connectivity index (χ4v) is 3.82. The summed E-state index contributed by atoms with van der Waals surface area (Å²) in [4.78, 5) is 9.18. The van der Waals surface area contributed by atoms with Gasteiger partial charge in [-0.25, -0.2) is 9.97 Å². The molecule has 0 spiro atoms. The van der Waals surface area contributed by atoms with E-state index in [9.17, 15) is 0 Å². The highest BCUT2D eigenvalue weighted by molar-refractivity contribution is 6.90. The first-order chi connectivity index (χ1) is 7.16. The number of hydrogen-bond donors (Lipinski definition) is 0. The molecule has 1 aromatic rings. The van der Waals surface area contributed by atoms with Crippen LogP contribution in [0.25, 0.3) is 0 Å². The van der Waals surface area contributed by atoms with Crippen LogP contribution in [0.1, 0.15) is 5.56 Å². The smallest absolute Gasteiger partial charge is 0.125 e. The zero-order valence-corrected chi connectivity index (χ0v) is 13.0. The fraction of sp³-hybridized carbons (Fsp3) is 0.500. The van der Waals surface area contributed by atoms with Gasteiger partial charge in [0.05, 0.1) is 5.56 Å². The summed E-state index contributed by atoms with van der Waals surface area (Å²) in [6.45, 7) is 13.6. The summed E-state index contributed by atoms with van der Waals surface area (Å²) in [5.41, 5.74) is 1.89. The highest BCUT2D eigenvalue weighted by atomic mass is 28.3. The Kier molecular flexibility index (Phi) is 3.41. The van der Waals surface area contributed by atoms with Gasteiger partial charge < -0.3 is 0 Å². The molecule has 0 unspecified atom stereocenters. The van der Waals surface area contributed by atoms with Gasteiger partial charge in [0.2, 0.25) is 0 Å². The van der Waals surface area contributed by atoms with Crippen LogP contribution < -0.4 is 10.8 Å². The van der Waals surface area contributed by atoms with Crippen LogP contribution in [0.4, 0.5) is 0 Å². The Labute approximate surface area is 101 Å². The quantitative estimate of drug-likeness (QED) is 0.586. The Morgan fingerprint density at radius 2 is 1.62 bits per heavy atom. The van der Waals surface area contributed by atoms with E-state index in [4.69, 9.17) is 11.4 Å². The molecule has 0 atom stereocenters. The third kappa shape index (κ3) is 2.80. The van der Waals surface area contributed by atoms with Crippen molar-refractivity contribution in [2.45, 2.75) is 39.3 Å². The molecule has 0 amide bonds. The van der Waals surface area contributed by atoms with Crippen LogP contribution in [0.3, 0.4) is 0 Å². The summed E-state index contributed by atoms with van der Waals surface area (Å²) in [6, 6.07) is 0. The molecule has 2 nitrogen and oxygen atoms in total. The van der Waals surface area contributed by atoms with E-state index in [1.165, 1.54) is 0 Å². The molecule has 0 aliphatic rings. The third-order valence-electron chi connectivity index (χ3n) is 2.33. The van der Waals surface area contributed by atoms with E-state index in [-0.39, 0.29) is 0 Å². The van der Waals surface area contributed by atoms with Crippen LogP contribution in [0, 0.1) is 12.3 Å². The molecule has 0 saturated heterocycles. The minimum Gasteiger partial charge on any atom is -0.247 e. The van der Waals surface area contributed by atoms with E-state index in [0.717, 1.165) is 16.3 Å². The molecule has 1 aromatic heterocycles. The minimum absolute atomic E-state index is 0.876. The lowest BCUT2D eigenvalue weighted by atomic mass is 10.4. The van der Waals surface area contributed by atoms with Gasteiger partial charge in [-0.1, -0.05) is 45.2 Å². The predicted octanol–water partition coefficient (Wildman–Crippen LogP) is 1.55. The highest BCUT2D eigenvalue weighted by Gasteiger charge is 2.26. The first-order valence-electron chi connectivity index (χ1n) is 5.51. The van der Waals surface area contributed by atoms with Crippen molar-refractivity contribution in [3.05, 3.63) is 11.8 Å². The number of hydrogen-bond acceptors (Lipinski definition) is 2. The van der Waals surface area contributed by atoms with E-state index < -0.39 is 16.1 Å². The largest absolute Gasteiger partial charge is 0.247 e. The predicted molar refractivity (Wildman–Crippen MR) is 75.9 cm³/mol. The van der Waals surface area contributed by atoms with Gasteiger partial charge in [-0.3, -0.25) is 0 Å². The van der Waals surface area contributed by atoms with E-state index in [0.29, 0.717) is 0 Å². The van der Waals surface area contributed by atoms with Crippen molar-refractivity contribution in [1.82, 2.24) is 9.97 Å². The van der Waals surface area contributed by atoms with Gasteiger partial charge in [-0.2, -0.15) is 0 Å². The molecule has 1 rings (SSSR count). The van der Waals surface area contributed by atoms with Crippen molar-refractivity contribution in [1.29, 1.82) is 0 Å². The standard InChI is InChI=1S/C12H20N2Si2/c1-8-10-9-13-12(16(5,6)7)14-11(10)15(2,3)4/h1,9H,2-7H3. The normalized spacial score (nSPS) is 12.3. The first kappa shape index (κ1) is 13.1. The molecular weight excluding hydrogens is 228 g/mol. The Balaban J connectivity index is 3.41. The summed E-state index contributed by atoms with van der Waals surface area (Å²) in [6.07, 6.45) is 7.34. The number of terminal acetylenes is 1. The number of rotatable bonds is 2. The van der Waals surface area contributed by atoms with Crippen LogP contribution in [0.2, 0.25) is 39.3 Å². The molecule has 0 radical (unpaired) electrons. The van der Waals surface area contributed by atoms with E-state index in [1.54, 1.807) is 0 Å². The van der Waals surface area contributed by atoms with Crippen LogP contribution in [0.15, 0.2) is 6.20 Å². The average Bonchev–Trinajstić information content (AvgIpc) is 2.14. The van der Waals surface area contributed by atoms with Gasteiger partial charge in [0, 0.05) is 11.5 Å². The molecule has 0 aliphatic heterocycles. The molecule has 0 N–H and O–H groups in total. The maximum absolute atomic E-state index is 5.51. The van der Waals surface area contributed by atoms with Gasteiger partial charge in [0.25, 0.3) is 0 Å². The Hall–Kier alpha value is -0.926. The summed E-state index contributed by atoms with van der Waals surface area (Å²) < 4.78 is 0. The van der Waals surface area contributed by atoms with Crippen molar-refractivity contribution < 1.29 is 0 Å². The summed E-state index contributed by atoms with van der Waals surface area (Å²) in [5.74, 6) is 2.71. The first-order valence-corrected chi connectivity index (χ1v) is 12.5. The van der Waals surface area contributed by atoms with Gasteiger partial charge in [0.15, 0.2) is 0 Å². The SMILES string of the molecule is C#Cc1cnc([Si](C)(C)C)nc1[Si](C)(C)C. The zero-order chi connectivity index (χ0) is 12.6. The summed E-state index contributed by atoms with van der Waals surface area (Å²) >= 11 is 0. The summed E-state index contributed by atoms with van der Waals surface area (Å²) in [5, 5.41) is 1.13. The lowest BCUT2D eigenvalue weighted by Gasteiger charge is -2.21. The number of nitrogens with zero attached hydrogens (tertiary/aromatic N) is 2. The molecule has 1 heterocycles. The molecule has 0 bridgehead atoms. The van der Waals surface area contributed by atoms with Crippen molar-refractivity contribution in [3.8, 4) is 12.3 Å². The lowest BCUT2D eigenvalue weighted by molar-refractivity contribution is 1.22. The van der Waals surface area contributed by atoms with E-state index >= 15 is 0 Å². The third-order valence-corrected chi connectivity index (χ3v) is 5.71. The number of aromatic nitrogens is 2. The van der Waals surface area contributed by atoms with Crippen molar-refractivity contribution in [2.24, 2.45) is 0 Å². The van der Waals surface area contributed by atoms with Gasteiger partial charge in [-0.05, 0) is 0 Å². The zero-order valence-electron chi connectivity index (χ0n) is 11.0. The molecule has 0 saturated carbocycles. The molecule has 4 heteroatoms. The second kappa shape index (κ2) is 4.15. The highest BCUT2D eigenvalue weighted by Crippen LogP contribution is 2.04. The molecule has 0 aliphatic carbocycles. The second-order valence-corrected chi connectivity index (χ2v) is 16.0. The van der Waals surface area contributed by atoms with Crippen LogP contribution >= 0.6 is 0 Å². The molecule has 86 valence electrons. The maximum atomic E-state index is 5.51. The molecule has 0 aromatic carbocycles. The van der Waals surface area contributed by atoms with Gasteiger partial charge in [-0.15, -0.1) is 6.42 Å². The monoisotopic (exact) mass is 248 g/mol. The van der Waals surface area contributed by atoms with Crippen molar-refractivity contribution >= 4 is 26.9 Å². The Morgan fingerprint density at radius 1 is 1.06 bits per heavy atom. The molecule has 0 fully saturated rings. The van der Waals surface area contributed by atoms with Crippen LogP contribution in [-0.4, -0.2) is 26.1 Å². The minimum atomic E-state index is -1.48. The lowest BCUT2D eigenvalue weighted by Crippen LogP contribution is -2.51. The Bertz CT molecular complexity index is 434. The second-order valence-electron chi connectivity index (χ2n) is 6.10.